The lowest BCUT2D eigenvalue weighted by molar-refractivity contribution is 0.111. The fourth-order valence-electron chi connectivity index (χ4n) is 1.52. The maximum atomic E-state index is 10.9. The number of aldehydes is 2. The summed E-state index contributed by atoms with van der Waals surface area (Å²) in [6, 6.07) is 3.46. The van der Waals surface area contributed by atoms with Crippen molar-refractivity contribution in [1.29, 1.82) is 0 Å². The Morgan fingerprint density at radius 3 is 1.38 bits per heavy atom. The van der Waals surface area contributed by atoms with Crippen LogP contribution in [0.4, 0.5) is 0 Å². The molecule has 0 N–H and O–H groups in total. The van der Waals surface area contributed by atoms with E-state index in [0.29, 0.717) is 11.1 Å². The van der Waals surface area contributed by atoms with Gasteiger partial charge in [0.2, 0.25) is 0 Å². The first-order valence-corrected chi connectivity index (χ1v) is 5.10. The third-order valence-corrected chi connectivity index (χ3v) is 2.24. The Kier molecular flexibility index (Phi) is 4.40. The summed E-state index contributed by atoms with van der Waals surface area (Å²) in [5, 5.41) is 0. The van der Waals surface area contributed by atoms with Gasteiger partial charge in [-0.05, 0) is 37.1 Å². The van der Waals surface area contributed by atoms with Crippen molar-refractivity contribution in [3.63, 3.8) is 0 Å². The predicted octanol–water partition coefficient (Wildman–Crippen LogP) is 3.38. The second-order valence-corrected chi connectivity index (χ2v) is 3.35. The van der Waals surface area contributed by atoms with Crippen molar-refractivity contribution in [1.82, 2.24) is 0 Å². The highest BCUT2D eigenvalue weighted by molar-refractivity contribution is 5.89. The minimum atomic E-state index is 0.594. The van der Waals surface area contributed by atoms with Gasteiger partial charge in [0.05, 0.1) is 0 Å². The number of carbonyl (C=O) groups excluding carboxylic acids is 2. The monoisotopic (exact) mass is 214 g/mol. The lowest BCUT2D eigenvalue weighted by Crippen LogP contribution is -1.94. The predicted molar refractivity (Wildman–Crippen MR) is 66.6 cm³/mol. The van der Waals surface area contributed by atoms with Crippen LogP contribution >= 0.6 is 0 Å². The molecule has 0 fully saturated rings. The SMILES string of the molecule is CC=Cc1cc(C=O)c(C=CC)cc1C=O. The topological polar surface area (TPSA) is 34.1 Å². The Balaban J connectivity index is 3.44. The number of hydrogen-bond acceptors (Lipinski definition) is 2. The van der Waals surface area contributed by atoms with Crippen LogP contribution in [0.2, 0.25) is 0 Å². The van der Waals surface area contributed by atoms with Crippen LogP contribution in [0.3, 0.4) is 0 Å². The standard InChI is InChI=1S/C14H14O2/c1-3-5-11-7-14(10-16)12(6-4-2)8-13(11)9-15/h3-10H,1-2H3. The Morgan fingerprint density at radius 2 is 1.12 bits per heavy atom. The molecule has 1 rings (SSSR count). The molecule has 0 radical (unpaired) electrons. The molecule has 0 bridgehead atoms. The molecule has 0 aromatic heterocycles. The number of carbonyl (C=O) groups is 2. The lowest BCUT2D eigenvalue weighted by atomic mass is 9.99. The van der Waals surface area contributed by atoms with Gasteiger partial charge in [0.15, 0.2) is 12.6 Å². The fraction of sp³-hybridized carbons (Fsp3) is 0.143. The number of rotatable bonds is 4. The Morgan fingerprint density at radius 1 is 0.750 bits per heavy atom. The van der Waals surface area contributed by atoms with E-state index in [1.54, 1.807) is 12.1 Å². The zero-order valence-corrected chi connectivity index (χ0v) is 9.44. The van der Waals surface area contributed by atoms with Crippen LogP contribution < -0.4 is 0 Å². The van der Waals surface area contributed by atoms with Gasteiger partial charge in [-0.2, -0.15) is 0 Å². The summed E-state index contributed by atoms with van der Waals surface area (Å²) < 4.78 is 0. The fourth-order valence-corrected chi connectivity index (χ4v) is 1.52. The van der Waals surface area contributed by atoms with E-state index >= 15 is 0 Å². The van der Waals surface area contributed by atoms with Crippen LogP contribution in [0.15, 0.2) is 24.3 Å². The second kappa shape index (κ2) is 5.81. The molecular weight excluding hydrogens is 200 g/mol. The van der Waals surface area contributed by atoms with Crippen LogP contribution in [0.5, 0.6) is 0 Å². The first-order valence-electron chi connectivity index (χ1n) is 5.10. The van der Waals surface area contributed by atoms with E-state index in [0.717, 1.165) is 23.7 Å². The lowest BCUT2D eigenvalue weighted by Gasteiger charge is -2.04. The second-order valence-electron chi connectivity index (χ2n) is 3.35. The third kappa shape index (κ3) is 2.54. The van der Waals surface area contributed by atoms with E-state index in [-0.39, 0.29) is 0 Å². The Hall–Kier alpha value is -1.96. The first-order chi connectivity index (χ1) is 7.76. The molecule has 16 heavy (non-hydrogen) atoms. The molecule has 1 aromatic rings. The number of hydrogen-bond donors (Lipinski definition) is 0. The first kappa shape index (κ1) is 12.1. The molecule has 82 valence electrons. The smallest absolute Gasteiger partial charge is 0.150 e. The van der Waals surface area contributed by atoms with Gasteiger partial charge in [0.1, 0.15) is 0 Å². The van der Waals surface area contributed by atoms with Crippen molar-refractivity contribution in [3.05, 3.63) is 46.5 Å². The van der Waals surface area contributed by atoms with Gasteiger partial charge >= 0.3 is 0 Å². The van der Waals surface area contributed by atoms with Gasteiger partial charge in [0, 0.05) is 11.1 Å². The molecule has 2 heteroatoms. The maximum Gasteiger partial charge on any atom is 0.150 e. The summed E-state index contributed by atoms with van der Waals surface area (Å²) >= 11 is 0. The summed E-state index contributed by atoms with van der Waals surface area (Å²) in [5.41, 5.74) is 2.73. The average molecular weight is 214 g/mol. The van der Waals surface area contributed by atoms with Crippen molar-refractivity contribution < 1.29 is 9.59 Å². The Labute approximate surface area is 95.3 Å². The highest BCUT2D eigenvalue weighted by Crippen LogP contribution is 2.17. The molecule has 0 aliphatic heterocycles. The van der Waals surface area contributed by atoms with Crippen LogP contribution in [-0.2, 0) is 0 Å². The number of allylic oxidation sites excluding steroid dienone is 2. The van der Waals surface area contributed by atoms with Crippen LogP contribution in [0, 0.1) is 0 Å². The Bertz CT molecular complexity index is 410. The summed E-state index contributed by atoms with van der Waals surface area (Å²) in [6.07, 6.45) is 8.92. The summed E-state index contributed by atoms with van der Waals surface area (Å²) in [5.74, 6) is 0. The molecule has 0 heterocycles. The van der Waals surface area contributed by atoms with E-state index in [1.807, 2.05) is 38.2 Å². The molecule has 0 saturated carbocycles. The third-order valence-electron chi connectivity index (χ3n) is 2.24. The maximum absolute atomic E-state index is 10.9. The van der Waals surface area contributed by atoms with E-state index in [4.69, 9.17) is 0 Å². The molecule has 2 nitrogen and oxygen atoms in total. The molecule has 1 aromatic carbocycles. The molecule has 0 aliphatic carbocycles. The quantitative estimate of drug-likeness (QED) is 0.720. The van der Waals surface area contributed by atoms with Crippen LogP contribution in [-0.4, -0.2) is 12.6 Å². The van der Waals surface area contributed by atoms with Gasteiger partial charge in [-0.25, -0.2) is 0 Å². The van der Waals surface area contributed by atoms with Gasteiger partial charge < -0.3 is 0 Å². The van der Waals surface area contributed by atoms with Crippen molar-refractivity contribution in [2.75, 3.05) is 0 Å². The number of benzene rings is 1. The normalized spacial score (nSPS) is 11.1. The molecule has 0 spiro atoms. The highest BCUT2D eigenvalue weighted by Gasteiger charge is 2.05. The zero-order valence-electron chi connectivity index (χ0n) is 9.44. The van der Waals surface area contributed by atoms with E-state index in [2.05, 4.69) is 0 Å². The molecule has 0 unspecified atom stereocenters. The largest absolute Gasteiger partial charge is 0.298 e. The van der Waals surface area contributed by atoms with E-state index in [9.17, 15) is 9.59 Å². The van der Waals surface area contributed by atoms with E-state index in [1.165, 1.54) is 0 Å². The van der Waals surface area contributed by atoms with Crippen LogP contribution in [0.25, 0.3) is 12.2 Å². The van der Waals surface area contributed by atoms with Gasteiger partial charge in [-0.15, -0.1) is 0 Å². The summed E-state index contributed by atoms with van der Waals surface area (Å²) in [6.45, 7) is 3.74. The van der Waals surface area contributed by atoms with Gasteiger partial charge in [-0.3, -0.25) is 9.59 Å². The molecule has 0 atom stereocenters. The summed E-state index contributed by atoms with van der Waals surface area (Å²) in [7, 11) is 0. The van der Waals surface area contributed by atoms with Crippen LogP contribution in [0.1, 0.15) is 45.7 Å². The molecular formula is C14H14O2. The van der Waals surface area contributed by atoms with Crippen molar-refractivity contribution in [3.8, 4) is 0 Å². The molecule has 0 amide bonds. The van der Waals surface area contributed by atoms with E-state index < -0.39 is 0 Å². The summed E-state index contributed by atoms with van der Waals surface area (Å²) in [4.78, 5) is 21.8. The van der Waals surface area contributed by atoms with Gasteiger partial charge in [0.25, 0.3) is 0 Å². The zero-order chi connectivity index (χ0) is 12.0. The van der Waals surface area contributed by atoms with Gasteiger partial charge in [-0.1, -0.05) is 24.3 Å². The molecule has 0 aliphatic rings. The highest BCUT2D eigenvalue weighted by atomic mass is 16.1. The van der Waals surface area contributed by atoms with Crippen molar-refractivity contribution in [2.24, 2.45) is 0 Å². The minimum Gasteiger partial charge on any atom is -0.298 e. The minimum absolute atomic E-state index is 0.594. The molecule has 0 saturated heterocycles. The van der Waals surface area contributed by atoms with Crippen molar-refractivity contribution >= 4 is 24.7 Å². The van der Waals surface area contributed by atoms with Crippen molar-refractivity contribution in [2.45, 2.75) is 13.8 Å². The average Bonchev–Trinajstić information content (AvgIpc) is 2.31.